The molecule has 1 heterocycles. The highest BCUT2D eigenvalue weighted by molar-refractivity contribution is 7.61. The molecule has 0 saturated heterocycles. The van der Waals surface area contributed by atoms with Gasteiger partial charge in [-0.2, -0.15) is 0 Å². The van der Waals surface area contributed by atoms with Gasteiger partial charge in [0.05, 0.1) is 11.4 Å². The minimum atomic E-state index is -3.80. The van der Waals surface area contributed by atoms with E-state index in [1.165, 1.54) is 0 Å². The molecular weight excluding hydrogens is 297 g/mol. The van der Waals surface area contributed by atoms with E-state index >= 15 is 0 Å². The van der Waals surface area contributed by atoms with E-state index in [2.05, 4.69) is 32.3 Å². The lowest BCUT2D eigenvalue weighted by molar-refractivity contribution is 0.192. The SMILES string of the molecule is C=C1N(CC)c2ccc(P(=O)(O)OC(C)CC)cc2C1(C)C. The van der Waals surface area contributed by atoms with Crippen LogP contribution in [0.2, 0.25) is 0 Å². The summed E-state index contributed by atoms with van der Waals surface area (Å²) < 4.78 is 17.9. The van der Waals surface area contributed by atoms with Crippen molar-refractivity contribution in [3.8, 4) is 0 Å². The van der Waals surface area contributed by atoms with Gasteiger partial charge in [0, 0.05) is 23.3 Å². The molecule has 1 aromatic carbocycles. The lowest BCUT2D eigenvalue weighted by atomic mass is 9.84. The molecule has 0 radical (unpaired) electrons. The Balaban J connectivity index is 2.47. The van der Waals surface area contributed by atoms with Gasteiger partial charge in [-0.1, -0.05) is 27.4 Å². The molecule has 0 aliphatic carbocycles. The van der Waals surface area contributed by atoms with Crippen molar-refractivity contribution < 1.29 is 14.0 Å². The van der Waals surface area contributed by atoms with Gasteiger partial charge in [0.1, 0.15) is 0 Å². The number of anilines is 1. The molecule has 0 saturated carbocycles. The first-order valence-electron chi connectivity index (χ1n) is 7.78. The lowest BCUT2D eigenvalue weighted by Gasteiger charge is -2.24. The number of hydrogen-bond acceptors (Lipinski definition) is 3. The fourth-order valence-corrected chi connectivity index (χ4v) is 4.13. The third-order valence-electron chi connectivity index (χ3n) is 4.53. The molecule has 4 nitrogen and oxygen atoms in total. The summed E-state index contributed by atoms with van der Waals surface area (Å²) in [4.78, 5) is 12.4. The summed E-state index contributed by atoms with van der Waals surface area (Å²) in [6.45, 7) is 15.0. The summed E-state index contributed by atoms with van der Waals surface area (Å²) in [5, 5.41) is 0.352. The Morgan fingerprint density at radius 3 is 2.59 bits per heavy atom. The Morgan fingerprint density at radius 1 is 1.41 bits per heavy atom. The van der Waals surface area contributed by atoms with Gasteiger partial charge in [0.2, 0.25) is 0 Å². The summed E-state index contributed by atoms with van der Waals surface area (Å²) in [5.74, 6) is 0. The lowest BCUT2D eigenvalue weighted by Crippen LogP contribution is -2.24. The fourth-order valence-electron chi connectivity index (χ4n) is 2.81. The molecule has 122 valence electrons. The second-order valence-corrected chi connectivity index (χ2v) is 8.13. The quantitative estimate of drug-likeness (QED) is 0.834. The molecule has 2 atom stereocenters. The predicted octanol–water partition coefficient (Wildman–Crippen LogP) is 3.94. The number of benzene rings is 1. The summed E-state index contributed by atoms with van der Waals surface area (Å²) >= 11 is 0. The van der Waals surface area contributed by atoms with Gasteiger partial charge in [-0.15, -0.1) is 0 Å². The number of fused-ring (bicyclic) bond motifs is 1. The number of nitrogens with zero attached hydrogens (tertiary/aromatic N) is 1. The van der Waals surface area contributed by atoms with Crippen LogP contribution in [0.4, 0.5) is 5.69 Å². The summed E-state index contributed by atoms with van der Waals surface area (Å²) in [6, 6.07) is 5.40. The Bertz CT molecular complexity index is 639. The number of likely N-dealkylation sites (N-methyl/N-ethyl adjacent to an activating group) is 1. The minimum Gasteiger partial charge on any atom is -0.345 e. The van der Waals surface area contributed by atoms with Crippen molar-refractivity contribution in [2.75, 3.05) is 11.4 Å². The smallest absolute Gasteiger partial charge is 0.345 e. The molecule has 2 rings (SSSR count). The first-order valence-corrected chi connectivity index (χ1v) is 9.36. The third kappa shape index (κ3) is 2.76. The van der Waals surface area contributed by atoms with Crippen molar-refractivity contribution in [2.45, 2.75) is 52.6 Å². The van der Waals surface area contributed by atoms with Crippen LogP contribution >= 0.6 is 7.60 Å². The van der Waals surface area contributed by atoms with Crippen molar-refractivity contribution in [2.24, 2.45) is 0 Å². The minimum absolute atomic E-state index is 0.251. The molecule has 22 heavy (non-hydrogen) atoms. The predicted molar refractivity (Wildman–Crippen MR) is 91.9 cm³/mol. The van der Waals surface area contributed by atoms with Gasteiger partial charge >= 0.3 is 7.60 Å². The molecule has 0 spiro atoms. The van der Waals surface area contributed by atoms with Crippen molar-refractivity contribution in [1.29, 1.82) is 0 Å². The summed E-state index contributed by atoms with van der Waals surface area (Å²) in [6.07, 6.45) is 0.445. The van der Waals surface area contributed by atoms with E-state index in [9.17, 15) is 9.46 Å². The van der Waals surface area contributed by atoms with Crippen LogP contribution in [0.5, 0.6) is 0 Å². The standard InChI is InChI=1S/C17H26NO3P/c1-7-12(3)21-22(19,20)14-9-10-16-15(11-14)17(5,6)13(4)18(16)8-2/h9-12H,4,7-8H2,1-3,5-6H3,(H,19,20). The van der Waals surface area contributed by atoms with Crippen LogP contribution in [0, 0.1) is 0 Å². The first-order chi connectivity index (χ1) is 10.1. The molecule has 0 aromatic heterocycles. The van der Waals surface area contributed by atoms with E-state index in [4.69, 9.17) is 4.52 Å². The Kier molecular flexibility index (Phi) is 4.59. The Morgan fingerprint density at radius 2 is 2.05 bits per heavy atom. The summed E-state index contributed by atoms with van der Waals surface area (Å²) in [5.41, 5.74) is 2.85. The normalized spacial score (nSPS) is 20.6. The molecule has 1 aliphatic heterocycles. The molecule has 5 heteroatoms. The first kappa shape index (κ1) is 17.3. The third-order valence-corrected chi connectivity index (χ3v) is 6.11. The second-order valence-electron chi connectivity index (χ2n) is 6.36. The van der Waals surface area contributed by atoms with Crippen LogP contribution in [0.1, 0.15) is 46.6 Å². The number of hydrogen-bond donors (Lipinski definition) is 1. The van der Waals surface area contributed by atoms with Gasteiger partial charge in [-0.3, -0.25) is 4.57 Å². The molecule has 0 fully saturated rings. The maximum atomic E-state index is 12.5. The van der Waals surface area contributed by atoms with Crippen LogP contribution in [0.25, 0.3) is 0 Å². The van der Waals surface area contributed by atoms with E-state index in [1.807, 2.05) is 13.0 Å². The van der Waals surface area contributed by atoms with E-state index in [0.29, 0.717) is 11.7 Å². The van der Waals surface area contributed by atoms with Gasteiger partial charge in [0.25, 0.3) is 0 Å². The van der Waals surface area contributed by atoms with Gasteiger partial charge in [0.15, 0.2) is 0 Å². The van der Waals surface area contributed by atoms with Crippen molar-refractivity contribution >= 4 is 18.6 Å². The van der Waals surface area contributed by atoms with Crippen molar-refractivity contribution in [3.05, 3.63) is 36.0 Å². The van der Waals surface area contributed by atoms with E-state index in [-0.39, 0.29) is 11.5 Å². The van der Waals surface area contributed by atoms with Crippen LogP contribution < -0.4 is 10.2 Å². The number of allylic oxidation sites excluding steroid dienone is 1. The molecule has 1 N–H and O–H groups in total. The maximum absolute atomic E-state index is 12.5. The van der Waals surface area contributed by atoms with Crippen molar-refractivity contribution in [1.82, 2.24) is 0 Å². The van der Waals surface area contributed by atoms with Crippen LogP contribution in [0.3, 0.4) is 0 Å². The number of rotatable bonds is 5. The average molecular weight is 323 g/mol. The monoisotopic (exact) mass is 323 g/mol. The zero-order valence-corrected chi connectivity index (χ0v) is 15.0. The highest BCUT2D eigenvalue weighted by Gasteiger charge is 2.39. The van der Waals surface area contributed by atoms with Gasteiger partial charge in [-0.25, -0.2) is 0 Å². The topological polar surface area (TPSA) is 49.8 Å². The molecule has 0 bridgehead atoms. The highest BCUT2D eigenvalue weighted by Crippen LogP contribution is 2.49. The van der Waals surface area contributed by atoms with Crippen LogP contribution in [-0.2, 0) is 14.5 Å². The van der Waals surface area contributed by atoms with Gasteiger partial charge < -0.3 is 14.3 Å². The molecule has 2 unspecified atom stereocenters. The van der Waals surface area contributed by atoms with Crippen LogP contribution in [-0.4, -0.2) is 17.5 Å². The zero-order valence-electron chi connectivity index (χ0n) is 14.1. The second kappa shape index (κ2) is 5.84. The Labute approximate surface area is 133 Å². The highest BCUT2D eigenvalue weighted by atomic mass is 31.2. The van der Waals surface area contributed by atoms with E-state index in [0.717, 1.165) is 23.5 Å². The van der Waals surface area contributed by atoms with Crippen LogP contribution in [0.15, 0.2) is 30.5 Å². The maximum Gasteiger partial charge on any atom is 0.359 e. The fraction of sp³-hybridized carbons (Fsp3) is 0.529. The van der Waals surface area contributed by atoms with E-state index < -0.39 is 7.60 Å². The molecule has 1 aromatic rings. The summed E-state index contributed by atoms with van der Waals surface area (Å²) in [7, 11) is -3.80. The molecule has 0 amide bonds. The van der Waals surface area contributed by atoms with Crippen molar-refractivity contribution in [3.63, 3.8) is 0 Å². The largest absolute Gasteiger partial charge is 0.359 e. The van der Waals surface area contributed by atoms with E-state index in [1.54, 1.807) is 19.1 Å². The zero-order chi connectivity index (χ0) is 16.7. The molecular formula is C17H26NO3P. The average Bonchev–Trinajstić information content (AvgIpc) is 2.65. The van der Waals surface area contributed by atoms with Gasteiger partial charge in [-0.05, 0) is 44.0 Å². The Hall–Kier alpha value is -1.09. The molecule has 1 aliphatic rings.